The second-order valence-electron chi connectivity index (χ2n) is 3.29. The van der Waals surface area contributed by atoms with Gasteiger partial charge in [0.05, 0.1) is 0 Å². The van der Waals surface area contributed by atoms with Gasteiger partial charge in [-0.05, 0) is 12.1 Å². The van der Waals surface area contributed by atoms with Crippen molar-refractivity contribution in [1.29, 1.82) is 0 Å². The SMILES string of the molecule is CCC(=O)Nc1nnc(-c2ccccc2F)s1. The Labute approximate surface area is 102 Å². The molecule has 4 nitrogen and oxygen atoms in total. The zero-order valence-electron chi connectivity index (χ0n) is 9.11. The molecule has 0 aliphatic heterocycles. The van der Waals surface area contributed by atoms with Crippen molar-refractivity contribution in [2.24, 2.45) is 0 Å². The van der Waals surface area contributed by atoms with Gasteiger partial charge >= 0.3 is 0 Å². The first kappa shape index (κ1) is 11.7. The Balaban J connectivity index is 2.24. The first-order valence-electron chi connectivity index (χ1n) is 5.09. The molecule has 0 atom stereocenters. The molecule has 1 aromatic heterocycles. The van der Waals surface area contributed by atoms with E-state index in [4.69, 9.17) is 0 Å². The second-order valence-corrected chi connectivity index (χ2v) is 4.27. The third kappa shape index (κ3) is 2.65. The summed E-state index contributed by atoms with van der Waals surface area (Å²) in [6, 6.07) is 6.33. The molecule has 0 saturated heterocycles. The number of hydrogen-bond donors (Lipinski definition) is 1. The molecular weight excluding hydrogens is 241 g/mol. The molecule has 2 rings (SSSR count). The van der Waals surface area contributed by atoms with E-state index in [1.807, 2.05) is 0 Å². The van der Waals surface area contributed by atoms with Gasteiger partial charge in [-0.1, -0.05) is 30.4 Å². The predicted octanol–water partition coefficient (Wildman–Crippen LogP) is 2.69. The number of rotatable bonds is 3. The number of halogens is 1. The quantitative estimate of drug-likeness (QED) is 0.912. The Morgan fingerprint density at radius 2 is 2.18 bits per heavy atom. The maximum Gasteiger partial charge on any atom is 0.225 e. The van der Waals surface area contributed by atoms with Gasteiger partial charge in [-0.3, -0.25) is 4.79 Å². The number of carbonyl (C=O) groups is 1. The lowest BCUT2D eigenvalue weighted by Crippen LogP contribution is -2.08. The highest BCUT2D eigenvalue weighted by molar-refractivity contribution is 7.18. The third-order valence-corrected chi connectivity index (χ3v) is 2.97. The Hall–Kier alpha value is -1.82. The summed E-state index contributed by atoms with van der Waals surface area (Å²) < 4.78 is 13.5. The van der Waals surface area contributed by atoms with Gasteiger partial charge in [-0.15, -0.1) is 10.2 Å². The zero-order chi connectivity index (χ0) is 12.3. The van der Waals surface area contributed by atoms with Gasteiger partial charge in [0.25, 0.3) is 0 Å². The minimum absolute atomic E-state index is 0.138. The van der Waals surface area contributed by atoms with Crippen LogP contribution in [0.5, 0.6) is 0 Å². The largest absolute Gasteiger partial charge is 0.301 e. The fourth-order valence-electron chi connectivity index (χ4n) is 1.22. The van der Waals surface area contributed by atoms with E-state index in [0.29, 0.717) is 22.1 Å². The van der Waals surface area contributed by atoms with Crippen molar-refractivity contribution in [1.82, 2.24) is 10.2 Å². The molecule has 2 aromatic rings. The highest BCUT2D eigenvalue weighted by Gasteiger charge is 2.11. The smallest absolute Gasteiger partial charge is 0.225 e. The van der Waals surface area contributed by atoms with Crippen molar-refractivity contribution >= 4 is 22.4 Å². The number of benzene rings is 1. The number of anilines is 1. The van der Waals surface area contributed by atoms with E-state index in [1.54, 1.807) is 25.1 Å². The van der Waals surface area contributed by atoms with E-state index in [9.17, 15) is 9.18 Å². The van der Waals surface area contributed by atoms with Crippen LogP contribution in [0.2, 0.25) is 0 Å². The molecule has 0 aliphatic carbocycles. The standard InChI is InChI=1S/C11H10FN3OS/c1-2-9(16)13-11-15-14-10(17-11)7-5-3-4-6-8(7)12/h3-6H,2H2,1H3,(H,13,15,16). The molecule has 0 unspecified atom stereocenters. The van der Waals surface area contributed by atoms with Crippen molar-refractivity contribution in [3.05, 3.63) is 30.1 Å². The molecule has 0 radical (unpaired) electrons. The predicted molar refractivity (Wildman–Crippen MR) is 64.2 cm³/mol. The highest BCUT2D eigenvalue weighted by Crippen LogP contribution is 2.28. The van der Waals surface area contributed by atoms with Crippen LogP contribution < -0.4 is 5.32 Å². The van der Waals surface area contributed by atoms with E-state index in [-0.39, 0.29) is 11.7 Å². The van der Waals surface area contributed by atoms with Crippen LogP contribution in [0, 0.1) is 5.82 Å². The van der Waals surface area contributed by atoms with Crippen molar-refractivity contribution in [3.8, 4) is 10.6 Å². The Kier molecular flexibility index (Phi) is 3.43. The number of nitrogens with one attached hydrogen (secondary N) is 1. The molecule has 88 valence electrons. The lowest BCUT2D eigenvalue weighted by molar-refractivity contribution is -0.115. The van der Waals surface area contributed by atoms with Crippen LogP contribution in [0.1, 0.15) is 13.3 Å². The fraction of sp³-hybridized carbons (Fsp3) is 0.182. The van der Waals surface area contributed by atoms with Crippen LogP contribution in [-0.4, -0.2) is 16.1 Å². The van der Waals surface area contributed by atoms with Gasteiger partial charge < -0.3 is 5.32 Å². The van der Waals surface area contributed by atoms with Crippen molar-refractivity contribution in [2.45, 2.75) is 13.3 Å². The summed E-state index contributed by atoms with van der Waals surface area (Å²) in [5, 5.41) is 11.1. The number of hydrogen-bond acceptors (Lipinski definition) is 4. The summed E-state index contributed by atoms with van der Waals surface area (Å²) in [6.07, 6.45) is 0.370. The number of nitrogens with zero attached hydrogens (tertiary/aromatic N) is 2. The first-order chi connectivity index (χ1) is 8.20. The molecule has 0 spiro atoms. The van der Waals surface area contributed by atoms with Crippen molar-refractivity contribution in [2.75, 3.05) is 5.32 Å². The van der Waals surface area contributed by atoms with E-state index < -0.39 is 0 Å². The molecule has 1 N–H and O–H groups in total. The zero-order valence-corrected chi connectivity index (χ0v) is 9.92. The normalized spacial score (nSPS) is 10.2. The fourth-order valence-corrected chi connectivity index (χ4v) is 2.01. The first-order valence-corrected chi connectivity index (χ1v) is 5.90. The minimum Gasteiger partial charge on any atom is -0.301 e. The second kappa shape index (κ2) is 5.01. The summed E-state index contributed by atoms with van der Waals surface area (Å²) in [7, 11) is 0. The third-order valence-electron chi connectivity index (χ3n) is 2.10. The summed E-state index contributed by atoms with van der Waals surface area (Å²) >= 11 is 1.15. The van der Waals surface area contributed by atoms with Crippen LogP contribution >= 0.6 is 11.3 Å². The molecule has 1 aromatic carbocycles. The Morgan fingerprint density at radius 1 is 1.41 bits per heavy atom. The molecule has 6 heteroatoms. The number of amides is 1. The van der Waals surface area contributed by atoms with Crippen LogP contribution in [-0.2, 0) is 4.79 Å². The minimum atomic E-state index is -0.350. The maximum absolute atomic E-state index is 13.5. The molecule has 0 bridgehead atoms. The van der Waals surface area contributed by atoms with Gasteiger partial charge in [-0.2, -0.15) is 0 Å². The highest BCUT2D eigenvalue weighted by atomic mass is 32.1. The molecule has 0 aliphatic rings. The van der Waals surface area contributed by atoms with Gasteiger partial charge in [0.2, 0.25) is 11.0 Å². The Morgan fingerprint density at radius 3 is 2.88 bits per heavy atom. The van der Waals surface area contributed by atoms with E-state index >= 15 is 0 Å². The van der Waals surface area contributed by atoms with Crippen molar-refractivity contribution in [3.63, 3.8) is 0 Å². The van der Waals surface area contributed by atoms with Crippen LogP contribution in [0.3, 0.4) is 0 Å². The molecular formula is C11H10FN3OS. The summed E-state index contributed by atoms with van der Waals surface area (Å²) in [6.45, 7) is 1.74. The number of aromatic nitrogens is 2. The van der Waals surface area contributed by atoms with E-state index in [1.165, 1.54) is 6.07 Å². The van der Waals surface area contributed by atoms with Crippen molar-refractivity contribution < 1.29 is 9.18 Å². The lowest BCUT2D eigenvalue weighted by atomic mass is 10.2. The molecule has 17 heavy (non-hydrogen) atoms. The monoisotopic (exact) mass is 251 g/mol. The maximum atomic E-state index is 13.5. The van der Waals surface area contributed by atoms with Gasteiger partial charge in [0, 0.05) is 12.0 Å². The van der Waals surface area contributed by atoms with E-state index in [2.05, 4.69) is 15.5 Å². The topological polar surface area (TPSA) is 54.9 Å². The lowest BCUT2D eigenvalue weighted by Gasteiger charge is -1.96. The van der Waals surface area contributed by atoms with Crippen LogP contribution in [0.4, 0.5) is 9.52 Å². The average molecular weight is 251 g/mol. The van der Waals surface area contributed by atoms with Gasteiger partial charge in [0.1, 0.15) is 5.82 Å². The van der Waals surface area contributed by atoms with Gasteiger partial charge in [-0.25, -0.2) is 4.39 Å². The average Bonchev–Trinajstić information content (AvgIpc) is 2.78. The molecule has 1 heterocycles. The summed E-state index contributed by atoms with van der Waals surface area (Å²) in [4.78, 5) is 11.1. The molecule has 1 amide bonds. The molecule has 0 fully saturated rings. The summed E-state index contributed by atoms with van der Waals surface area (Å²) in [5.41, 5.74) is 0.391. The molecule has 0 saturated carbocycles. The van der Waals surface area contributed by atoms with Crippen LogP contribution in [0.15, 0.2) is 24.3 Å². The van der Waals surface area contributed by atoms with Crippen LogP contribution in [0.25, 0.3) is 10.6 Å². The Bertz CT molecular complexity index is 541. The summed E-state index contributed by atoms with van der Waals surface area (Å²) in [5.74, 6) is -0.488. The van der Waals surface area contributed by atoms with E-state index in [0.717, 1.165) is 11.3 Å². The number of carbonyl (C=O) groups excluding carboxylic acids is 1. The van der Waals surface area contributed by atoms with Gasteiger partial charge in [0.15, 0.2) is 5.01 Å².